The Balaban J connectivity index is 3.22. The van der Waals surface area contributed by atoms with E-state index in [4.69, 9.17) is 28.4 Å². The van der Waals surface area contributed by atoms with Gasteiger partial charge < -0.3 is 28.4 Å². The average Bonchev–Trinajstić information content (AvgIpc) is 2.54. The lowest BCUT2D eigenvalue weighted by molar-refractivity contribution is -0.307. The largest absolute Gasteiger partial charge is 0.463 e. The maximum absolute atomic E-state index is 11.6. The quantitative estimate of drug-likeness (QED) is 0.334. The summed E-state index contributed by atoms with van der Waals surface area (Å²) >= 11 is 4.04. The topological polar surface area (TPSA) is 124 Å². The molecule has 0 aliphatic carbocycles. The zero-order chi connectivity index (χ0) is 20.6. The smallest absolute Gasteiger partial charge is 0.303 e. The normalized spacial score (nSPS) is 27.4. The number of esters is 4. The molecule has 1 fully saturated rings. The summed E-state index contributed by atoms with van der Waals surface area (Å²) < 4.78 is 31.8. The molecule has 1 heterocycles. The lowest BCUT2D eigenvalue weighted by Gasteiger charge is -2.44. The van der Waals surface area contributed by atoms with Crippen molar-refractivity contribution in [2.45, 2.75) is 58.4 Å². The van der Waals surface area contributed by atoms with Gasteiger partial charge in [0.05, 0.1) is 6.61 Å². The van der Waals surface area contributed by atoms with Gasteiger partial charge in [-0.05, 0) is 0 Å². The van der Waals surface area contributed by atoms with Crippen LogP contribution in [0.1, 0.15) is 27.7 Å². The predicted octanol–water partition coefficient (Wildman–Crippen LogP) is 0.0159. The Morgan fingerprint density at radius 3 is 1.81 bits per heavy atom. The average molecular weight is 408 g/mol. The summed E-state index contributed by atoms with van der Waals surface area (Å²) in [6.45, 7) is 4.50. The van der Waals surface area contributed by atoms with Crippen LogP contribution >= 0.6 is 12.6 Å². The third-order valence-electron chi connectivity index (χ3n) is 3.32. The van der Waals surface area contributed by atoms with Crippen LogP contribution in [0, 0.1) is 0 Å². The van der Waals surface area contributed by atoms with Gasteiger partial charge in [-0.2, -0.15) is 12.6 Å². The zero-order valence-corrected chi connectivity index (χ0v) is 16.4. The van der Waals surface area contributed by atoms with E-state index in [0.717, 1.165) is 20.8 Å². The highest BCUT2D eigenvalue weighted by atomic mass is 32.1. The summed E-state index contributed by atoms with van der Waals surface area (Å²) in [6.07, 6.45) is -5.79. The molecule has 0 aromatic heterocycles. The highest BCUT2D eigenvalue weighted by molar-refractivity contribution is 7.80. The Labute approximate surface area is 162 Å². The molecule has 0 saturated carbocycles. The Morgan fingerprint density at radius 2 is 1.33 bits per heavy atom. The Bertz CT molecular complexity index is 551. The zero-order valence-electron chi connectivity index (χ0n) is 15.5. The fourth-order valence-electron chi connectivity index (χ4n) is 2.49. The van der Waals surface area contributed by atoms with Gasteiger partial charge in [0.25, 0.3) is 0 Å². The second-order valence-electron chi connectivity index (χ2n) is 5.66. The monoisotopic (exact) mass is 408 g/mol. The van der Waals surface area contributed by atoms with Gasteiger partial charge in [-0.3, -0.25) is 19.2 Å². The Hall–Kier alpha value is -1.85. The molecular formula is C16H24O10S. The van der Waals surface area contributed by atoms with Gasteiger partial charge in [-0.1, -0.05) is 0 Å². The van der Waals surface area contributed by atoms with Crippen molar-refractivity contribution in [1.29, 1.82) is 0 Å². The van der Waals surface area contributed by atoms with Crippen molar-refractivity contribution in [2.75, 3.05) is 19.0 Å². The van der Waals surface area contributed by atoms with Crippen molar-refractivity contribution in [3.8, 4) is 0 Å². The van der Waals surface area contributed by atoms with Crippen LogP contribution in [0.15, 0.2) is 0 Å². The number of ether oxygens (including phenoxy) is 6. The van der Waals surface area contributed by atoms with Crippen LogP contribution in [0.4, 0.5) is 0 Å². The highest BCUT2D eigenvalue weighted by Crippen LogP contribution is 2.29. The molecule has 1 rings (SSSR count). The van der Waals surface area contributed by atoms with Crippen LogP contribution in [-0.4, -0.2) is 73.5 Å². The first kappa shape index (κ1) is 23.2. The molecule has 0 unspecified atom stereocenters. The minimum atomic E-state index is -1.23. The first-order valence-electron chi connectivity index (χ1n) is 8.18. The van der Waals surface area contributed by atoms with Crippen LogP contribution in [0.5, 0.6) is 0 Å². The van der Waals surface area contributed by atoms with E-state index in [1.165, 1.54) is 6.92 Å². The minimum Gasteiger partial charge on any atom is -0.463 e. The van der Waals surface area contributed by atoms with Crippen molar-refractivity contribution < 1.29 is 47.6 Å². The molecule has 27 heavy (non-hydrogen) atoms. The molecule has 11 heteroatoms. The molecule has 0 bridgehead atoms. The van der Waals surface area contributed by atoms with Gasteiger partial charge in [-0.25, -0.2) is 0 Å². The molecule has 0 radical (unpaired) electrons. The highest BCUT2D eigenvalue weighted by Gasteiger charge is 2.52. The lowest BCUT2D eigenvalue weighted by Crippen LogP contribution is -2.63. The van der Waals surface area contributed by atoms with Crippen molar-refractivity contribution in [3.05, 3.63) is 0 Å². The van der Waals surface area contributed by atoms with Crippen LogP contribution in [0.2, 0.25) is 0 Å². The van der Waals surface area contributed by atoms with Gasteiger partial charge in [0.1, 0.15) is 12.7 Å². The second-order valence-corrected chi connectivity index (χ2v) is 6.11. The molecule has 0 spiro atoms. The summed E-state index contributed by atoms with van der Waals surface area (Å²) in [5.41, 5.74) is 0. The van der Waals surface area contributed by atoms with E-state index in [1.54, 1.807) is 0 Å². The van der Waals surface area contributed by atoms with Crippen LogP contribution in [-0.2, 0) is 47.6 Å². The molecule has 154 valence electrons. The van der Waals surface area contributed by atoms with Gasteiger partial charge in [0, 0.05) is 33.4 Å². The van der Waals surface area contributed by atoms with E-state index in [-0.39, 0.29) is 13.2 Å². The summed E-state index contributed by atoms with van der Waals surface area (Å²) in [4.78, 5) is 45.8. The molecule has 0 aromatic carbocycles. The summed E-state index contributed by atoms with van der Waals surface area (Å²) in [6, 6.07) is 0. The van der Waals surface area contributed by atoms with Crippen LogP contribution in [0.3, 0.4) is 0 Å². The summed E-state index contributed by atoms with van der Waals surface area (Å²) in [5, 5.41) is 0. The first-order chi connectivity index (χ1) is 12.6. The molecule has 0 amide bonds. The van der Waals surface area contributed by atoms with E-state index in [9.17, 15) is 19.2 Å². The van der Waals surface area contributed by atoms with Crippen LogP contribution in [0.25, 0.3) is 0 Å². The van der Waals surface area contributed by atoms with Gasteiger partial charge in [0.2, 0.25) is 0 Å². The molecular weight excluding hydrogens is 384 g/mol. The van der Waals surface area contributed by atoms with Crippen LogP contribution < -0.4 is 0 Å². The summed E-state index contributed by atoms with van der Waals surface area (Å²) in [7, 11) is 0. The van der Waals surface area contributed by atoms with Crippen molar-refractivity contribution >= 4 is 36.5 Å². The number of hydrogen-bond acceptors (Lipinski definition) is 11. The van der Waals surface area contributed by atoms with E-state index in [2.05, 4.69) is 12.6 Å². The molecule has 1 aliphatic rings. The number of carbonyl (C=O) groups excluding carboxylic acids is 4. The van der Waals surface area contributed by atoms with Gasteiger partial charge >= 0.3 is 23.9 Å². The molecule has 1 saturated heterocycles. The standard InChI is InChI=1S/C16H24O10S/c1-8(17)22-7-12-13(23-9(2)18)14(24-10(3)19)15(25-11(4)20)16(26-12)21-5-6-27/h12-16,27H,5-7H2,1-4H3/t12-,13+,14+,15-,16-/m1/s1. The molecule has 1 aliphatic heterocycles. The third-order valence-corrected chi connectivity index (χ3v) is 3.50. The van der Waals surface area contributed by atoms with Gasteiger partial charge in [0.15, 0.2) is 24.6 Å². The van der Waals surface area contributed by atoms with E-state index in [0.29, 0.717) is 5.75 Å². The molecule has 5 atom stereocenters. The predicted molar refractivity (Wildman–Crippen MR) is 91.8 cm³/mol. The van der Waals surface area contributed by atoms with E-state index < -0.39 is 54.6 Å². The first-order valence-corrected chi connectivity index (χ1v) is 8.81. The number of carbonyl (C=O) groups is 4. The fourth-order valence-corrected chi connectivity index (χ4v) is 2.60. The van der Waals surface area contributed by atoms with Gasteiger partial charge in [-0.15, -0.1) is 0 Å². The SMILES string of the molecule is CC(=O)OC[C@H]1O[C@@H](OCCS)[C@H](OC(C)=O)[C@@H](OC(C)=O)[C@H]1OC(C)=O. The van der Waals surface area contributed by atoms with E-state index in [1.807, 2.05) is 0 Å². The van der Waals surface area contributed by atoms with Crippen molar-refractivity contribution in [1.82, 2.24) is 0 Å². The van der Waals surface area contributed by atoms with E-state index >= 15 is 0 Å². The Morgan fingerprint density at radius 1 is 0.815 bits per heavy atom. The Kier molecular flexibility index (Phi) is 9.53. The fraction of sp³-hybridized carbons (Fsp3) is 0.750. The van der Waals surface area contributed by atoms with Crippen molar-refractivity contribution in [3.63, 3.8) is 0 Å². The maximum atomic E-state index is 11.6. The number of rotatable bonds is 8. The molecule has 0 N–H and O–H groups in total. The minimum absolute atomic E-state index is 0.136. The third kappa shape index (κ3) is 7.73. The number of thiol groups is 1. The summed E-state index contributed by atoms with van der Waals surface area (Å²) in [5.74, 6) is -2.31. The molecule has 0 aromatic rings. The lowest BCUT2D eigenvalue weighted by atomic mass is 9.98. The maximum Gasteiger partial charge on any atom is 0.303 e. The van der Waals surface area contributed by atoms with Crippen molar-refractivity contribution in [2.24, 2.45) is 0 Å². The molecule has 10 nitrogen and oxygen atoms in total. The number of hydrogen-bond donors (Lipinski definition) is 1. The second kappa shape index (κ2) is 11.1.